The third-order valence-corrected chi connectivity index (χ3v) is 3.70. The zero-order chi connectivity index (χ0) is 14.7. The van der Waals surface area contributed by atoms with Crippen LogP contribution < -0.4 is 0 Å². The molecule has 1 aliphatic carbocycles. The van der Waals surface area contributed by atoms with Gasteiger partial charge in [-0.1, -0.05) is 24.3 Å². The minimum atomic E-state index is -0.344. The Morgan fingerprint density at radius 2 is 1.62 bits per heavy atom. The summed E-state index contributed by atoms with van der Waals surface area (Å²) in [6.45, 7) is 1.33. The summed E-state index contributed by atoms with van der Waals surface area (Å²) in [5.74, 6) is -0.975. The van der Waals surface area contributed by atoms with Crippen LogP contribution in [0.4, 0.5) is 0 Å². The molecule has 0 saturated carbocycles. The Hall–Kier alpha value is -2.95. The molecule has 102 valence electrons. The molecule has 0 N–H and O–H groups in total. The predicted molar refractivity (Wildman–Crippen MR) is 71.8 cm³/mol. The maximum atomic E-state index is 12.7. The first-order valence-corrected chi connectivity index (χ1v) is 6.34. The number of carbonyl (C=O) groups is 3. The fourth-order valence-electron chi connectivity index (χ4n) is 2.75. The molecule has 1 aliphatic rings. The van der Waals surface area contributed by atoms with Crippen LogP contribution in [-0.2, 0) is 0 Å². The van der Waals surface area contributed by atoms with Crippen molar-refractivity contribution in [2.45, 2.75) is 6.92 Å². The molecule has 4 rings (SSSR count). The lowest BCUT2D eigenvalue weighted by Gasteiger charge is -2.20. The van der Waals surface area contributed by atoms with E-state index in [0.717, 1.165) is 0 Å². The molecule has 0 aliphatic heterocycles. The Kier molecular flexibility index (Phi) is 2.14. The van der Waals surface area contributed by atoms with Gasteiger partial charge in [-0.15, -0.1) is 0 Å². The van der Waals surface area contributed by atoms with Gasteiger partial charge < -0.3 is 0 Å². The second kappa shape index (κ2) is 3.79. The van der Waals surface area contributed by atoms with Crippen LogP contribution in [-0.4, -0.2) is 17.3 Å². The summed E-state index contributed by atoms with van der Waals surface area (Å²) >= 11 is 0. The molecule has 5 nitrogen and oxygen atoms in total. The predicted octanol–water partition coefficient (Wildman–Crippen LogP) is 3.00. The van der Waals surface area contributed by atoms with Crippen LogP contribution in [0.15, 0.2) is 39.5 Å². The van der Waals surface area contributed by atoms with Gasteiger partial charge >= 0.3 is 0 Å². The molecule has 1 heterocycles. The molecule has 0 bridgehead atoms. The van der Waals surface area contributed by atoms with Crippen LogP contribution in [0, 0.1) is 0 Å². The van der Waals surface area contributed by atoms with Crippen molar-refractivity contribution in [1.82, 2.24) is 0 Å². The first kappa shape index (κ1) is 11.8. The number of ketones is 3. The SMILES string of the molecule is CC(=O)c1c2c(cc3ooc13)C(=O)c1ccccc1C2=O. The van der Waals surface area contributed by atoms with Gasteiger partial charge in [-0.05, 0) is 6.92 Å². The van der Waals surface area contributed by atoms with E-state index in [4.69, 9.17) is 9.15 Å². The largest absolute Gasteiger partial charge is 0.294 e. The second-order valence-corrected chi connectivity index (χ2v) is 4.93. The Bertz CT molecular complexity index is 954. The van der Waals surface area contributed by atoms with Crippen molar-refractivity contribution in [2.24, 2.45) is 0 Å². The van der Waals surface area contributed by atoms with E-state index in [2.05, 4.69) is 0 Å². The van der Waals surface area contributed by atoms with E-state index in [0.29, 0.717) is 16.7 Å². The third kappa shape index (κ3) is 1.37. The van der Waals surface area contributed by atoms with Crippen molar-refractivity contribution >= 4 is 28.5 Å². The molecule has 2 aromatic carbocycles. The van der Waals surface area contributed by atoms with Crippen molar-refractivity contribution in [3.05, 3.63) is 58.1 Å². The first-order valence-electron chi connectivity index (χ1n) is 6.34. The minimum Gasteiger partial charge on any atom is -0.294 e. The van der Waals surface area contributed by atoms with Crippen molar-refractivity contribution in [3.8, 4) is 0 Å². The molecule has 0 saturated heterocycles. The van der Waals surface area contributed by atoms with Crippen LogP contribution in [0.3, 0.4) is 0 Å². The minimum absolute atomic E-state index is 0.105. The van der Waals surface area contributed by atoms with Gasteiger partial charge in [-0.2, -0.15) is 0 Å². The third-order valence-electron chi connectivity index (χ3n) is 3.70. The lowest BCUT2D eigenvalue weighted by atomic mass is 9.81. The smallest absolute Gasteiger partial charge is 0.237 e. The Morgan fingerprint density at radius 1 is 0.952 bits per heavy atom. The molecule has 1 aromatic heterocycles. The summed E-state index contributed by atoms with van der Waals surface area (Å²) in [4.78, 5) is 37.1. The van der Waals surface area contributed by atoms with Crippen molar-refractivity contribution in [1.29, 1.82) is 0 Å². The number of rotatable bonds is 1. The summed E-state index contributed by atoms with van der Waals surface area (Å²) in [6.07, 6.45) is 0. The van der Waals surface area contributed by atoms with Crippen LogP contribution in [0.1, 0.15) is 49.1 Å². The summed E-state index contributed by atoms with van der Waals surface area (Å²) < 4.78 is 9.61. The summed E-state index contributed by atoms with van der Waals surface area (Å²) in [5, 5.41) is 0. The zero-order valence-electron chi connectivity index (χ0n) is 10.9. The van der Waals surface area contributed by atoms with Crippen molar-refractivity contribution < 1.29 is 23.5 Å². The van der Waals surface area contributed by atoms with E-state index in [1.807, 2.05) is 0 Å². The Morgan fingerprint density at radius 3 is 2.19 bits per heavy atom. The summed E-state index contributed by atoms with van der Waals surface area (Å²) in [5.41, 5.74) is 1.57. The molecule has 0 unspecified atom stereocenters. The molecular weight excluding hydrogens is 272 g/mol. The number of benzene rings is 2. The van der Waals surface area contributed by atoms with Crippen molar-refractivity contribution in [3.63, 3.8) is 0 Å². The van der Waals surface area contributed by atoms with E-state index >= 15 is 0 Å². The summed E-state index contributed by atoms with van der Waals surface area (Å²) in [6, 6.07) is 8.02. The number of Topliss-reactive ketones (excluding diaryl/α,β-unsaturated/α-hetero) is 1. The first-order chi connectivity index (χ1) is 10.1. The second-order valence-electron chi connectivity index (χ2n) is 4.93. The highest BCUT2D eigenvalue weighted by Crippen LogP contribution is 2.35. The molecule has 0 amide bonds. The lowest BCUT2D eigenvalue weighted by molar-refractivity contribution is 0.0572. The number of hydrogen-bond donors (Lipinski definition) is 0. The van der Waals surface area contributed by atoms with Crippen LogP contribution >= 0.6 is 0 Å². The van der Waals surface area contributed by atoms with E-state index in [9.17, 15) is 14.4 Å². The van der Waals surface area contributed by atoms with Gasteiger partial charge in [0.15, 0.2) is 17.3 Å². The monoisotopic (exact) mass is 280 g/mol. The summed E-state index contributed by atoms with van der Waals surface area (Å²) in [7, 11) is 0. The van der Waals surface area contributed by atoms with Crippen molar-refractivity contribution in [2.75, 3.05) is 0 Å². The molecular formula is C16H8O5. The van der Waals surface area contributed by atoms with Gasteiger partial charge in [-0.3, -0.25) is 23.5 Å². The van der Waals surface area contributed by atoms with E-state index in [-0.39, 0.29) is 39.6 Å². The lowest BCUT2D eigenvalue weighted by Crippen LogP contribution is -2.24. The number of fused-ring (bicyclic) bond motifs is 3. The standard InChI is InChI=1S/C16H8O5/c1-7(17)12-13-10(6-11-16(12)21-20-11)14(18)8-4-2-3-5-9(8)15(13)19/h2-6H,1H3. The van der Waals surface area contributed by atoms with Gasteiger partial charge in [0.1, 0.15) is 0 Å². The quantitative estimate of drug-likeness (QED) is 0.395. The van der Waals surface area contributed by atoms with Gasteiger partial charge in [0.05, 0.1) is 5.56 Å². The molecule has 0 spiro atoms. The van der Waals surface area contributed by atoms with Crippen LogP contribution in [0.5, 0.6) is 0 Å². The van der Waals surface area contributed by atoms with E-state index < -0.39 is 0 Å². The van der Waals surface area contributed by atoms with Gasteiger partial charge in [0.25, 0.3) is 0 Å². The maximum Gasteiger partial charge on any atom is 0.237 e. The zero-order valence-corrected chi connectivity index (χ0v) is 10.9. The average molecular weight is 280 g/mol. The molecule has 0 radical (unpaired) electrons. The number of carbonyl (C=O) groups excluding carboxylic acids is 3. The highest BCUT2D eigenvalue weighted by molar-refractivity contribution is 6.32. The fraction of sp³-hybridized carbons (Fsp3) is 0.0625. The highest BCUT2D eigenvalue weighted by atomic mass is 17.0. The molecule has 21 heavy (non-hydrogen) atoms. The van der Waals surface area contributed by atoms with E-state index in [1.165, 1.54) is 13.0 Å². The molecule has 3 aromatic rings. The maximum absolute atomic E-state index is 12.7. The van der Waals surface area contributed by atoms with Gasteiger partial charge in [-0.25, -0.2) is 0 Å². The Labute approximate surface area is 118 Å². The van der Waals surface area contributed by atoms with Crippen LogP contribution in [0.2, 0.25) is 0 Å². The molecule has 0 atom stereocenters. The van der Waals surface area contributed by atoms with E-state index in [1.54, 1.807) is 24.3 Å². The van der Waals surface area contributed by atoms with Gasteiger partial charge in [0.2, 0.25) is 11.2 Å². The normalized spacial score (nSPS) is 13.4. The number of hydrogen-bond acceptors (Lipinski definition) is 5. The fourth-order valence-corrected chi connectivity index (χ4v) is 2.75. The highest BCUT2D eigenvalue weighted by Gasteiger charge is 2.36. The van der Waals surface area contributed by atoms with Gasteiger partial charge in [0, 0.05) is 28.3 Å². The molecule has 5 heteroatoms. The average Bonchev–Trinajstić information content (AvgIpc) is 2.45. The topological polar surface area (TPSA) is 77.5 Å². The van der Waals surface area contributed by atoms with Crippen LogP contribution in [0.25, 0.3) is 11.2 Å². The molecule has 0 fully saturated rings. The Balaban J connectivity index is 2.14.